The highest BCUT2D eigenvalue weighted by Gasteiger charge is 2.41. The quantitative estimate of drug-likeness (QED) is 0.479. The molecule has 2 aliphatic heterocycles. The van der Waals surface area contributed by atoms with Gasteiger partial charge in [-0.3, -0.25) is 10.2 Å². The molecule has 15 heavy (non-hydrogen) atoms. The second-order valence-corrected chi connectivity index (χ2v) is 4.91. The first-order chi connectivity index (χ1) is 7.29. The Balaban J connectivity index is 1.91. The van der Waals surface area contributed by atoms with Gasteiger partial charge >= 0.3 is 0 Å². The molecule has 3 N–H and O–H groups in total. The van der Waals surface area contributed by atoms with Gasteiger partial charge in [0.2, 0.25) is 0 Å². The van der Waals surface area contributed by atoms with E-state index in [1.807, 2.05) is 0 Å². The first-order valence-corrected chi connectivity index (χ1v) is 5.73. The maximum atomic E-state index is 12.0. The van der Waals surface area contributed by atoms with Crippen LogP contribution in [0.3, 0.4) is 0 Å². The number of carbonyl (C=O) groups is 1. The first-order valence-electron chi connectivity index (χ1n) is 5.73. The van der Waals surface area contributed by atoms with Gasteiger partial charge in [-0.05, 0) is 36.9 Å². The number of hydrazine groups is 1. The minimum Gasteiger partial charge on any atom is -0.317 e. The van der Waals surface area contributed by atoms with Gasteiger partial charge in [0.15, 0.2) is 5.78 Å². The normalized spacial score (nSPS) is 34.0. The molecule has 0 amide bonds. The fourth-order valence-electron chi connectivity index (χ4n) is 3.01. The number of hydrogen-bond donors (Lipinski definition) is 3. The molecule has 1 spiro atoms. The van der Waals surface area contributed by atoms with Gasteiger partial charge in [0.05, 0.1) is 0 Å². The number of ketones is 1. The van der Waals surface area contributed by atoms with Crippen molar-refractivity contribution in [3.05, 3.63) is 11.6 Å². The molecule has 0 radical (unpaired) electrons. The van der Waals surface area contributed by atoms with Gasteiger partial charge in [0, 0.05) is 13.0 Å². The first kappa shape index (κ1) is 9.51. The Bertz CT molecular complexity index is 318. The van der Waals surface area contributed by atoms with Gasteiger partial charge in [-0.2, -0.15) is 0 Å². The molecule has 0 bridgehead atoms. The lowest BCUT2D eigenvalue weighted by atomic mass is 9.69. The smallest absolute Gasteiger partial charge is 0.156 e. The number of hydrogen-bond acceptors (Lipinski definition) is 4. The van der Waals surface area contributed by atoms with Crippen molar-refractivity contribution in [3.8, 4) is 0 Å². The third-order valence-corrected chi connectivity index (χ3v) is 3.85. The van der Waals surface area contributed by atoms with Crippen LogP contribution >= 0.6 is 0 Å². The van der Waals surface area contributed by atoms with Crippen molar-refractivity contribution < 1.29 is 4.79 Å². The molecule has 1 aliphatic carbocycles. The van der Waals surface area contributed by atoms with Gasteiger partial charge in [0.1, 0.15) is 6.04 Å². The number of carbonyl (C=O) groups excluding carboxylic acids is 1. The standard InChI is InChI=1S/C11H17N3O/c15-9-6-11(1-3-12-4-2-11)5-8-7-13-14-10(8)9/h5,10,12-14H,1-4,6-7H2. The highest BCUT2D eigenvalue weighted by atomic mass is 16.1. The average Bonchev–Trinajstić information content (AvgIpc) is 2.67. The van der Waals surface area contributed by atoms with Crippen molar-refractivity contribution in [1.29, 1.82) is 0 Å². The Kier molecular flexibility index (Phi) is 2.16. The summed E-state index contributed by atoms with van der Waals surface area (Å²) in [5.74, 6) is 0.361. The van der Waals surface area contributed by atoms with Crippen LogP contribution in [0, 0.1) is 5.41 Å². The van der Waals surface area contributed by atoms with E-state index >= 15 is 0 Å². The third-order valence-electron chi connectivity index (χ3n) is 3.85. The van der Waals surface area contributed by atoms with Crippen molar-refractivity contribution in [3.63, 3.8) is 0 Å². The van der Waals surface area contributed by atoms with E-state index in [2.05, 4.69) is 22.2 Å². The van der Waals surface area contributed by atoms with E-state index in [0.29, 0.717) is 5.78 Å². The third kappa shape index (κ3) is 1.53. The molecule has 0 aromatic carbocycles. The van der Waals surface area contributed by atoms with Crippen LogP contribution in [-0.2, 0) is 4.79 Å². The fourth-order valence-corrected chi connectivity index (χ4v) is 3.01. The van der Waals surface area contributed by atoms with Crippen molar-refractivity contribution in [2.24, 2.45) is 5.41 Å². The van der Waals surface area contributed by atoms with E-state index in [1.165, 1.54) is 5.57 Å². The molecule has 0 aromatic rings. The topological polar surface area (TPSA) is 53.2 Å². The molecular weight excluding hydrogens is 190 g/mol. The van der Waals surface area contributed by atoms with E-state index in [1.54, 1.807) is 0 Å². The molecule has 1 unspecified atom stereocenters. The molecule has 2 fully saturated rings. The summed E-state index contributed by atoms with van der Waals surface area (Å²) in [5.41, 5.74) is 7.53. The molecular formula is C11H17N3O. The molecule has 2 heterocycles. The molecule has 3 aliphatic rings. The van der Waals surface area contributed by atoms with Crippen LogP contribution in [0.1, 0.15) is 19.3 Å². The number of rotatable bonds is 0. The van der Waals surface area contributed by atoms with Gasteiger partial charge in [-0.15, -0.1) is 0 Å². The van der Waals surface area contributed by atoms with Crippen molar-refractivity contribution in [2.75, 3.05) is 19.6 Å². The zero-order chi connectivity index (χ0) is 10.3. The van der Waals surface area contributed by atoms with Crippen molar-refractivity contribution in [1.82, 2.24) is 16.2 Å². The lowest BCUT2D eigenvalue weighted by molar-refractivity contribution is -0.122. The summed E-state index contributed by atoms with van der Waals surface area (Å²) in [5, 5.41) is 3.36. The lowest BCUT2D eigenvalue weighted by Crippen LogP contribution is -2.45. The van der Waals surface area contributed by atoms with Gasteiger partial charge in [-0.25, -0.2) is 5.43 Å². The Labute approximate surface area is 89.5 Å². The molecule has 2 saturated heterocycles. The number of allylic oxidation sites excluding steroid dienone is 1. The number of piperidine rings is 1. The Hall–Kier alpha value is -0.710. The number of Topliss-reactive ketones (excluding diaryl/α,β-unsaturated/α-hetero) is 1. The second-order valence-electron chi connectivity index (χ2n) is 4.91. The van der Waals surface area contributed by atoms with Crippen LogP contribution < -0.4 is 16.2 Å². The van der Waals surface area contributed by atoms with E-state index in [-0.39, 0.29) is 11.5 Å². The summed E-state index contributed by atoms with van der Waals surface area (Å²) in [6, 6.07) is -0.0366. The maximum absolute atomic E-state index is 12.0. The summed E-state index contributed by atoms with van der Waals surface area (Å²) in [4.78, 5) is 12.0. The van der Waals surface area contributed by atoms with Crippen LogP contribution in [0.25, 0.3) is 0 Å². The summed E-state index contributed by atoms with van der Waals surface area (Å²) in [7, 11) is 0. The van der Waals surface area contributed by atoms with Crippen molar-refractivity contribution >= 4 is 5.78 Å². The van der Waals surface area contributed by atoms with Crippen LogP contribution in [0.5, 0.6) is 0 Å². The van der Waals surface area contributed by atoms with E-state index in [9.17, 15) is 4.79 Å². The van der Waals surface area contributed by atoms with Gasteiger partial charge < -0.3 is 5.32 Å². The molecule has 4 heteroatoms. The maximum Gasteiger partial charge on any atom is 0.156 e. The summed E-state index contributed by atoms with van der Waals surface area (Å²) >= 11 is 0. The minimum absolute atomic E-state index is 0.0366. The molecule has 0 saturated carbocycles. The van der Waals surface area contributed by atoms with Crippen LogP contribution in [-0.4, -0.2) is 31.5 Å². The molecule has 1 atom stereocenters. The second kappa shape index (κ2) is 3.40. The highest BCUT2D eigenvalue weighted by Crippen LogP contribution is 2.40. The SMILES string of the molecule is O=C1CC2(C=C3CNNC13)CCNCC2. The summed E-state index contributed by atoms with van der Waals surface area (Å²) in [6.45, 7) is 2.91. The average molecular weight is 207 g/mol. The largest absolute Gasteiger partial charge is 0.317 e. The number of nitrogens with one attached hydrogen (secondary N) is 3. The predicted octanol–water partition coefficient (Wildman–Crippen LogP) is -0.268. The Morgan fingerprint density at radius 2 is 2.13 bits per heavy atom. The van der Waals surface area contributed by atoms with Gasteiger partial charge in [-0.1, -0.05) is 6.08 Å². The summed E-state index contributed by atoms with van der Waals surface area (Å²) in [6.07, 6.45) is 5.30. The zero-order valence-corrected chi connectivity index (χ0v) is 8.81. The lowest BCUT2D eigenvalue weighted by Gasteiger charge is -2.38. The highest BCUT2D eigenvalue weighted by molar-refractivity contribution is 5.89. The van der Waals surface area contributed by atoms with Crippen LogP contribution in [0.15, 0.2) is 11.6 Å². The van der Waals surface area contributed by atoms with Crippen LogP contribution in [0.2, 0.25) is 0 Å². The molecule has 4 nitrogen and oxygen atoms in total. The van der Waals surface area contributed by atoms with E-state index in [4.69, 9.17) is 0 Å². The molecule has 0 aromatic heterocycles. The molecule has 82 valence electrons. The number of fused-ring (bicyclic) bond motifs is 1. The fraction of sp³-hybridized carbons (Fsp3) is 0.727. The Morgan fingerprint density at radius 3 is 2.93 bits per heavy atom. The monoisotopic (exact) mass is 207 g/mol. The van der Waals surface area contributed by atoms with E-state index in [0.717, 1.165) is 38.9 Å². The molecule has 3 rings (SSSR count). The van der Waals surface area contributed by atoms with E-state index < -0.39 is 0 Å². The summed E-state index contributed by atoms with van der Waals surface area (Å²) < 4.78 is 0. The minimum atomic E-state index is -0.0366. The Morgan fingerprint density at radius 1 is 1.33 bits per heavy atom. The van der Waals surface area contributed by atoms with Crippen molar-refractivity contribution in [2.45, 2.75) is 25.3 Å². The predicted molar refractivity (Wildman–Crippen MR) is 57.2 cm³/mol. The van der Waals surface area contributed by atoms with Crippen LogP contribution in [0.4, 0.5) is 0 Å². The van der Waals surface area contributed by atoms with Gasteiger partial charge in [0.25, 0.3) is 0 Å². The zero-order valence-electron chi connectivity index (χ0n) is 8.81.